The predicted molar refractivity (Wildman–Crippen MR) is 68.2 cm³/mol. The zero-order chi connectivity index (χ0) is 11.7. The lowest BCUT2D eigenvalue weighted by molar-refractivity contribution is 0.277. The summed E-state index contributed by atoms with van der Waals surface area (Å²) in [5, 5.41) is 11.0. The molecule has 0 aliphatic rings. The number of rotatable bonds is 2. The van der Waals surface area contributed by atoms with Gasteiger partial charge in [0.05, 0.1) is 22.3 Å². The van der Waals surface area contributed by atoms with Crippen molar-refractivity contribution in [3.05, 3.63) is 38.8 Å². The highest BCUT2D eigenvalue weighted by molar-refractivity contribution is 7.15. The molecule has 1 aromatic heterocycles. The number of halogens is 2. The summed E-state index contributed by atoms with van der Waals surface area (Å²) in [4.78, 5) is 5.35. The van der Waals surface area contributed by atoms with E-state index in [-0.39, 0.29) is 6.61 Å². The molecule has 5 heteroatoms. The normalized spacial score (nSPS) is 10.8. The van der Waals surface area contributed by atoms with Crippen molar-refractivity contribution in [1.82, 2.24) is 4.98 Å². The molecular formula is C11H9Cl2NOS. The Morgan fingerprint density at radius 1 is 1.31 bits per heavy atom. The summed E-state index contributed by atoms with van der Waals surface area (Å²) in [6.45, 7) is 1.90. The van der Waals surface area contributed by atoms with E-state index in [1.807, 2.05) is 13.0 Å². The number of benzene rings is 1. The van der Waals surface area contributed by atoms with Gasteiger partial charge in [-0.05, 0) is 19.1 Å². The van der Waals surface area contributed by atoms with Crippen LogP contribution in [-0.4, -0.2) is 10.1 Å². The van der Waals surface area contributed by atoms with Crippen molar-refractivity contribution in [3.63, 3.8) is 0 Å². The molecule has 0 atom stereocenters. The highest BCUT2D eigenvalue weighted by Crippen LogP contribution is 2.32. The summed E-state index contributed by atoms with van der Waals surface area (Å²) in [7, 11) is 0. The first kappa shape index (κ1) is 11.9. The summed E-state index contributed by atoms with van der Waals surface area (Å²) < 4.78 is 0. The second-order valence-electron chi connectivity index (χ2n) is 3.31. The fourth-order valence-electron chi connectivity index (χ4n) is 1.33. The van der Waals surface area contributed by atoms with E-state index in [0.29, 0.717) is 15.7 Å². The van der Waals surface area contributed by atoms with Crippen molar-refractivity contribution >= 4 is 34.5 Å². The Bertz CT molecular complexity index is 525. The van der Waals surface area contributed by atoms with Crippen molar-refractivity contribution in [2.24, 2.45) is 0 Å². The highest BCUT2D eigenvalue weighted by Gasteiger charge is 2.09. The van der Waals surface area contributed by atoms with Gasteiger partial charge in [-0.15, -0.1) is 11.3 Å². The van der Waals surface area contributed by atoms with Crippen LogP contribution in [-0.2, 0) is 6.61 Å². The highest BCUT2D eigenvalue weighted by atomic mass is 35.5. The Morgan fingerprint density at radius 3 is 2.62 bits per heavy atom. The van der Waals surface area contributed by atoms with Crippen LogP contribution in [0.3, 0.4) is 0 Å². The second-order valence-corrected chi connectivity index (χ2v) is 5.33. The van der Waals surface area contributed by atoms with Gasteiger partial charge in [0.1, 0.15) is 5.01 Å². The molecule has 1 heterocycles. The number of aryl methyl sites for hydroxylation is 1. The molecule has 84 valence electrons. The maximum atomic E-state index is 9.07. The first-order valence-electron chi connectivity index (χ1n) is 4.64. The van der Waals surface area contributed by atoms with Crippen LogP contribution in [0.5, 0.6) is 0 Å². The van der Waals surface area contributed by atoms with Gasteiger partial charge in [0.2, 0.25) is 0 Å². The van der Waals surface area contributed by atoms with E-state index < -0.39 is 0 Å². The van der Waals surface area contributed by atoms with E-state index in [1.165, 1.54) is 11.3 Å². The molecule has 0 saturated heterocycles. The number of aliphatic hydroxyl groups excluding tert-OH is 1. The van der Waals surface area contributed by atoms with Crippen molar-refractivity contribution in [2.45, 2.75) is 13.5 Å². The lowest BCUT2D eigenvalue weighted by Gasteiger charge is -1.98. The Hall–Kier alpha value is -0.610. The standard InChI is InChI=1S/C11H9Cl2NOS/c1-6-10(5-15)14-11(16-6)7-2-3-8(12)9(13)4-7/h2-4,15H,5H2,1H3. The van der Waals surface area contributed by atoms with Gasteiger partial charge in [-0.3, -0.25) is 0 Å². The van der Waals surface area contributed by atoms with Crippen LogP contribution in [0.2, 0.25) is 10.0 Å². The smallest absolute Gasteiger partial charge is 0.124 e. The lowest BCUT2D eigenvalue weighted by Crippen LogP contribution is -1.85. The number of hydrogen-bond donors (Lipinski definition) is 1. The molecule has 0 saturated carbocycles. The molecule has 1 N–H and O–H groups in total. The molecule has 0 radical (unpaired) electrons. The van der Waals surface area contributed by atoms with E-state index >= 15 is 0 Å². The molecule has 16 heavy (non-hydrogen) atoms. The van der Waals surface area contributed by atoms with Crippen LogP contribution in [0.25, 0.3) is 10.6 Å². The first-order chi connectivity index (χ1) is 7.61. The Kier molecular flexibility index (Phi) is 3.50. The third-order valence-corrected chi connectivity index (χ3v) is 4.01. The Morgan fingerprint density at radius 2 is 2.06 bits per heavy atom. The van der Waals surface area contributed by atoms with Crippen molar-refractivity contribution in [2.75, 3.05) is 0 Å². The zero-order valence-corrected chi connectivity index (χ0v) is 10.8. The molecule has 0 bridgehead atoms. The largest absolute Gasteiger partial charge is 0.390 e. The zero-order valence-electron chi connectivity index (χ0n) is 8.50. The van der Waals surface area contributed by atoms with Crippen LogP contribution in [0.1, 0.15) is 10.6 Å². The molecule has 0 amide bonds. The average molecular weight is 274 g/mol. The molecular weight excluding hydrogens is 265 g/mol. The molecule has 0 aliphatic carbocycles. The van der Waals surface area contributed by atoms with Crippen molar-refractivity contribution in [3.8, 4) is 10.6 Å². The number of nitrogens with zero attached hydrogens (tertiary/aromatic N) is 1. The number of aromatic nitrogens is 1. The van der Waals surface area contributed by atoms with E-state index in [4.69, 9.17) is 28.3 Å². The Labute approximate surface area is 107 Å². The van der Waals surface area contributed by atoms with Gasteiger partial charge < -0.3 is 5.11 Å². The fraction of sp³-hybridized carbons (Fsp3) is 0.182. The molecule has 2 nitrogen and oxygen atoms in total. The van der Waals surface area contributed by atoms with Crippen molar-refractivity contribution < 1.29 is 5.11 Å². The van der Waals surface area contributed by atoms with Gasteiger partial charge >= 0.3 is 0 Å². The maximum Gasteiger partial charge on any atom is 0.124 e. The van der Waals surface area contributed by atoms with Crippen LogP contribution in [0, 0.1) is 6.92 Å². The molecule has 2 rings (SSSR count). The second kappa shape index (κ2) is 4.72. The SMILES string of the molecule is Cc1sc(-c2ccc(Cl)c(Cl)c2)nc1CO. The van der Waals surface area contributed by atoms with Gasteiger partial charge in [-0.1, -0.05) is 29.3 Å². The molecule has 2 aromatic rings. The van der Waals surface area contributed by atoms with Crippen LogP contribution >= 0.6 is 34.5 Å². The van der Waals surface area contributed by atoms with Crippen LogP contribution < -0.4 is 0 Å². The minimum atomic E-state index is -0.0380. The van der Waals surface area contributed by atoms with Crippen LogP contribution in [0.4, 0.5) is 0 Å². The fourth-order valence-corrected chi connectivity index (χ4v) is 2.54. The third kappa shape index (κ3) is 2.23. The summed E-state index contributed by atoms with van der Waals surface area (Å²) >= 11 is 13.3. The summed E-state index contributed by atoms with van der Waals surface area (Å²) in [5.74, 6) is 0. The molecule has 0 aliphatic heterocycles. The average Bonchev–Trinajstić information content (AvgIpc) is 2.64. The lowest BCUT2D eigenvalue weighted by atomic mass is 10.2. The van der Waals surface area contributed by atoms with E-state index in [9.17, 15) is 0 Å². The quantitative estimate of drug-likeness (QED) is 0.900. The Balaban J connectivity index is 2.46. The topological polar surface area (TPSA) is 33.1 Å². The first-order valence-corrected chi connectivity index (χ1v) is 6.21. The van der Waals surface area contributed by atoms with Gasteiger partial charge in [0.15, 0.2) is 0 Å². The van der Waals surface area contributed by atoms with Crippen LogP contribution in [0.15, 0.2) is 18.2 Å². The molecule has 1 aromatic carbocycles. The number of thiazole rings is 1. The van der Waals surface area contributed by atoms with Crippen molar-refractivity contribution in [1.29, 1.82) is 0 Å². The number of aliphatic hydroxyl groups is 1. The maximum absolute atomic E-state index is 9.07. The molecule has 0 spiro atoms. The summed E-state index contributed by atoms with van der Waals surface area (Å²) in [6.07, 6.45) is 0. The summed E-state index contributed by atoms with van der Waals surface area (Å²) in [6, 6.07) is 5.39. The monoisotopic (exact) mass is 273 g/mol. The van der Waals surface area contributed by atoms with Gasteiger partial charge in [0, 0.05) is 10.4 Å². The molecule has 0 unspecified atom stereocenters. The number of hydrogen-bond acceptors (Lipinski definition) is 3. The van der Waals surface area contributed by atoms with Gasteiger partial charge in [0.25, 0.3) is 0 Å². The minimum Gasteiger partial charge on any atom is -0.390 e. The van der Waals surface area contributed by atoms with E-state index in [0.717, 1.165) is 15.4 Å². The minimum absolute atomic E-state index is 0.0380. The molecule has 0 fully saturated rings. The summed E-state index contributed by atoms with van der Waals surface area (Å²) in [5.41, 5.74) is 1.63. The third-order valence-electron chi connectivity index (χ3n) is 2.21. The van der Waals surface area contributed by atoms with E-state index in [2.05, 4.69) is 4.98 Å². The van der Waals surface area contributed by atoms with E-state index in [1.54, 1.807) is 12.1 Å². The van der Waals surface area contributed by atoms with Gasteiger partial charge in [-0.25, -0.2) is 4.98 Å². The van der Waals surface area contributed by atoms with Gasteiger partial charge in [-0.2, -0.15) is 0 Å². The predicted octanol–water partition coefficient (Wildman–Crippen LogP) is 3.92.